The maximum Gasteiger partial charge on any atom is 0.143 e. The summed E-state index contributed by atoms with van der Waals surface area (Å²) in [6, 6.07) is 75.2. The summed E-state index contributed by atoms with van der Waals surface area (Å²) in [4.78, 5) is 0. The van der Waals surface area contributed by atoms with Gasteiger partial charge in [-0.25, -0.2) is 0 Å². The number of benzene rings is 11. The molecular weight excluding hydrogens is 689 g/mol. The lowest BCUT2D eigenvalue weighted by molar-refractivity contribution is 0.670. The van der Waals surface area contributed by atoms with Gasteiger partial charge in [0.05, 0.1) is 0 Å². The first-order chi connectivity index (χ1) is 28.3. The van der Waals surface area contributed by atoms with Gasteiger partial charge in [0.2, 0.25) is 0 Å². The minimum atomic E-state index is 0.912. The Bertz CT molecular complexity index is 3480. The fraction of sp³-hybridized carbons (Fsp3) is 0. The summed E-state index contributed by atoms with van der Waals surface area (Å²) in [6.07, 6.45) is 0. The number of hydrogen-bond acceptors (Lipinski definition) is 1. The lowest BCUT2D eigenvalue weighted by Gasteiger charge is -2.19. The monoisotopic (exact) mass is 722 g/mol. The molecule has 0 aliphatic carbocycles. The second kappa shape index (κ2) is 12.5. The summed E-state index contributed by atoms with van der Waals surface area (Å²) in [5.74, 6) is 0. The fourth-order valence-electron chi connectivity index (χ4n) is 9.56. The molecule has 0 atom stereocenters. The fourth-order valence-corrected chi connectivity index (χ4v) is 9.56. The Balaban J connectivity index is 1.03. The standard InChI is InChI=1S/C56H34O/c1-2-15-39(50-25-13-26-51-45-20-11-12-27-53(45)57-56(50)51)38(14-1)35-28-30-36(31-29-35)54-46-21-7-9-23-48(46)55(49-24-10-8-22-47(49)54)37-32-33-44-42-18-4-3-16-40(42)41-17-5-6-19-43(41)52(44)34-37/h1-34H. The molecular formula is C56H34O. The third-order valence-corrected chi connectivity index (χ3v) is 12.1. The van der Waals surface area contributed by atoms with E-state index in [4.69, 9.17) is 4.42 Å². The van der Waals surface area contributed by atoms with E-state index >= 15 is 0 Å². The van der Waals surface area contributed by atoms with Crippen molar-refractivity contribution < 1.29 is 4.42 Å². The Morgan fingerprint density at radius 3 is 1.25 bits per heavy atom. The van der Waals surface area contributed by atoms with E-state index in [1.54, 1.807) is 0 Å². The normalized spacial score (nSPS) is 11.9. The van der Waals surface area contributed by atoms with Gasteiger partial charge in [-0.3, -0.25) is 0 Å². The zero-order chi connectivity index (χ0) is 37.5. The highest BCUT2D eigenvalue weighted by molar-refractivity contribution is 6.27. The molecule has 1 heterocycles. The van der Waals surface area contributed by atoms with Gasteiger partial charge in [0.15, 0.2) is 0 Å². The summed E-state index contributed by atoms with van der Waals surface area (Å²) in [5, 5.41) is 15.0. The van der Waals surface area contributed by atoms with Crippen LogP contribution >= 0.6 is 0 Å². The molecule has 12 rings (SSSR count). The smallest absolute Gasteiger partial charge is 0.143 e. The molecule has 0 bridgehead atoms. The van der Waals surface area contributed by atoms with Gasteiger partial charge in [-0.05, 0) is 105 Å². The average molecular weight is 723 g/mol. The minimum Gasteiger partial charge on any atom is -0.455 e. The average Bonchev–Trinajstić information content (AvgIpc) is 3.67. The molecule has 0 N–H and O–H groups in total. The summed E-state index contributed by atoms with van der Waals surface area (Å²) in [7, 11) is 0. The highest BCUT2D eigenvalue weighted by atomic mass is 16.3. The zero-order valence-corrected chi connectivity index (χ0v) is 31.0. The summed E-state index contributed by atoms with van der Waals surface area (Å²) >= 11 is 0. The lowest BCUT2D eigenvalue weighted by atomic mass is 9.84. The molecule has 0 saturated heterocycles. The Kier molecular flexibility index (Phi) is 7.00. The number of furan rings is 1. The van der Waals surface area contributed by atoms with Gasteiger partial charge in [-0.15, -0.1) is 0 Å². The largest absolute Gasteiger partial charge is 0.455 e. The van der Waals surface area contributed by atoms with Crippen molar-refractivity contribution in [3.8, 4) is 44.5 Å². The van der Waals surface area contributed by atoms with Crippen LogP contribution in [0.2, 0.25) is 0 Å². The summed E-state index contributed by atoms with van der Waals surface area (Å²) in [6.45, 7) is 0. The van der Waals surface area contributed by atoms with Crippen molar-refractivity contribution in [2.24, 2.45) is 0 Å². The molecule has 0 fully saturated rings. The minimum absolute atomic E-state index is 0.912. The molecule has 57 heavy (non-hydrogen) atoms. The van der Waals surface area contributed by atoms with Crippen molar-refractivity contribution >= 4 is 75.8 Å². The molecule has 11 aromatic carbocycles. The maximum atomic E-state index is 6.49. The van der Waals surface area contributed by atoms with Crippen molar-refractivity contribution in [1.82, 2.24) is 0 Å². The predicted octanol–water partition coefficient (Wildman–Crippen LogP) is 16.0. The van der Waals surface area contributed by atoms with Crippen LogP contribution in [0.1, 0.15) is 0 Å². The maximum absolute atomic E-state index is 6.49. The number of para-hydroxylation sites is 2. The quantitative estimate of drug-likeness (QED) is 0.130. The van der Waals surface area contributed by atoms with E-state index in [9.17, 15) is 0 Å². The Morgan fingerprint density at radius 1 is 0.228 bits per heavy atom. The van der Waals surface area contributed by atoms with Gasteiger partial charge in [-0.1, -0.05) is 194 Å². The van der Waals surface area contributed by atoms with Crippen molar-refractivity contribution in [3.05, 3.63) is 206 Å². The number of hydrogen-bond donors (Lipinski definition) is 0. The molecule has 0 radical (unpaired) electrons. The molecule has 0 aliphatic rings. The lowest BCUT2D eigenvalue weighted by Crippen LogP contribution is -1.92. The van der Waals surface area contributed by atoms with Crippen LogP contribution in [0.4, 0.5) is 0 Å². The Labute approximate surface area is 329 Å². The molecule has 0 spiro atoms. The van der Waals surface area contributed by atoms with E-state index in [0.717, 1.165) is 33.1 Å². The van der Waals surface area contributed by atoms with Crippen LogP contribution in [0.25, 0.3) is 120 Å². The first-order valence-electron chi connectivity index (χ1n) is 19.7. The second-order valence-corrected chi connectivity index (χ2v) is 15.1. The summed E-state index contributed by atoms with van der Waals surface area (Å²) < 4.78 is 6.49. The van der Waals surface area contributed by atoms with Crippen LogP contribution < -0.4 is 0 Å². The van der Waals surface area contributed by atoms with Crippen LogP contribution in [0.3, 0.4) is 0 Å². The van der Waals surface area contributed by atoms with Crippen LogP contribution in [0, 0.1) is 0 Å². The summed E-state index contributed by atoms with van der Waals surface area (Å²) in [5.41, 5.74) is 11.4. The first-order valence-corrected chi connectivity index (χ1v) is 19.7. The third kappa shape index (κ3) is 4.83. The molecule has 264 valence electrons. The van der Waals surface area contributed by atoms with E-state index < -0.39 is 0 Å². The molecule has 12 aromatic rings. The van der Waals surface area contributed by atoms with Crippen LogP contribution in [-0.2, 0) is 0 Å². The number of fused-ring (bicyclic) bond motifs is 11. The molecule has 1 nitrogen and oxygen atoms in total. The highest BCUT2D eigenvalue weighted by Gasteiger charge is 2.19. The molecule has 0 amide bonds. The van der Waals surface area contributed by atoms with Crippen LogP contribution in [-0.4, -0.2) is 0 Å². The van der Waals surface area contributed by atoms with Gasteiger partial charge in [0, 0.05) is 16.3 Å². The molecule has 1 aromatic heterocycles. The van der Waals surface area contributed by atoms with Gasteiger partial charge >= 0.3 is 0 Å². The zero-order valence-electron chi connectivity index (χ0n) is 31.0. The van der Waals surface area contributed by atoms with E-state index in [1.807, 2.05) is 6.07 Å². The van der Waals surface area contributed by atoms with Crippen molar-refractivity contribution in [3.63, 3.8) is 0 Å². The molecule has 0 unspecified atom stereocenters. The van der Waals surface area contributed by atoms with E-state index in [2.05, 4.69) is 200 Å². The second-order valence-electron chi connectivity index (χ2n) is 15.1. The van der Waals surface area contributed by atoms with Crippen LogP contribution in [0.5, 0.6) is 0 Å². The van der Waals surface area contributed by atoms with Crippen molar-refractivity contribution in [2.45, 2.75) is 0 Å². The topological polar surface area (TPSA) is 13.1 Å². The van der Waals surface area contributed by atoms with E-state index in [1.165, 1.54) is 87.2 Å². The molecule has 0 saturated carbocycles. The van der Waals surface area contributed by atoms with Crippen molar-refractivity contribution in [1.29, 1.82) is 0 Å². The SMILES string of the molecule is c1ccc(-c2cccc3c2oc2ccccc23)c(-c2ccc(-c3c4ccccc4c(-c4ccc5c6ccccc6c6ccccc6c5c4)c4ccccc34)cc2)c1. The first kappa shape index (κ1) is 31.8. The Morgan fingerprint density at radius 2 is 0.632 bits per heavy atom. The van der Waals surface area contributed by atoms with Gasteiger partial charge < -0.3 is 4.42 Å². The number of rotatable bonds is 4. The van der Waals surface area contributed by atoms with E-state index in [-0.39, 0.29) is 0 Å². The predicted molar refractivity (Wildman–Crippen MR) is 243 cm³/mol. The molecule has 0 aliphatic heterocycles. The Hall–Kier alpha value is -7.48. The van der Waals surface area contributed by atoms with Gasteiger partial charge in [-0.2, -0.15) is 0 Å². The highest BCUT2D eigenvalue weighted by Crippen LogP contribution is 2.46. The van der Waals surface area contributed by atoms with Crippen LogP contribution in [0.15, 0.2) is 211 Å². The van der Waals surface area contributed by atoms with E-state index in [0.29, 0.717) is 0 Å². The molecule has 1 heteroatoms. The van der Waals surface area contributed by atoms with Crippen molar-refractivity contribution in [2.75, 3.05) is 0 Å². The van der Waals surface area contributed by atoms with Gasteiger partial charge in [0.25, 0.3) is 0 Å². The third-order valence-electron chi connectivity index (χ3n) is 12.1. The van der Waals surface area contributed by atoms with Gasteiger partial charge in [0.1, 0.15) is 11.2 Å².